The molecule has 150 valence electrons. The van der Waals surface area contributed by atoms with Gasteiger partial charge in [0.2, 0.25) is 0 Å². The molecular formula is C21H24F3N3O. The van der Waals surface area contributed by atoms with Crippen LogP contribution in [0.4, 0.5) is 24.5 Å². The Balaban J connectivity index is 1.86. The first kappa shape index (κ1) is 20.1. The first-order valence-corrected chi connectivity index (χ1v) is 9.03. The normalized spacial score (nSPS) is 15.4. The van der Waals surface area contributed by atoms with Crippen LogP contribution < -0.4 is 15.0 Å². The Morgan fingerprint density at radius 3 is 2.43 bits per heavy atom. The second-order valence-corrected chi connectivity index (χ2v) is 6.86. The minimum atomic E-state index is -4.44. The molecule has 0 bridgehead atoms. The van der Waals surface area contributed by atoms with E-state index < -0.39 is 11.7 Å². The van der Waals surface area contributed by atoms with Gasteiger partial charge >= 0.3 is 6.18 Å². The average Bonchev–Trinajstić information content (AvgIpc) is 2.67. The van der Waals surface area contributed by atoms with Crippen molar-refractivity contribution in [2.24, 2.45) is 0 Å². The summed E-state index contributed by atoms with van der Waals surface area (Å²) in [5.41, 5.74) is 1.07. The number of nitrogens with one attached hydrogen (secondary N) is 1. The molecule has 7 heteroatoms. The van der Waals surface area contributed by atoms with Crippen LogP contribution in [0, 0.1) is 0 Å². The summed E-state index contributed by atoms with van der Waals surface area (Å²) in [6.45, 7) is 6.53. The lowest BCUT2D eigenvalue weighted by Gasteiger charge is -2.35. The standard InChI is InChI=1S/C21H24F3N3O/c1-15(25-17-5-4-6-18(14-17)28-3)16-7-8-20(19(13-16)21(22,23)24)27-11-9-26(2)10-12-27/h4-8,13-14,25H,1,9-12H2,2-3H3. The van der Waals surface area contributed by atoms with Gasteiger partial charge in [-0.25, -0.2) is 0 Å². The van der Waals surface area contributed by atoms with Gasteiger partial charge in [-0.15, -0.1) is 0 Å². The number of methoxy groups -OCH3 is 1. The molecule has 0 saturated carbocycles. The van der Waals surface area contributed by atoms with E-state index in [1.54, 1.807) is 48.4 Å². The van der Waals surface area contributed by atoms with E-state index in [2.05, 4.69) is 16.8 Å². The third-order valence-electron chi connectivity index (χ3n) is 4.86. The van der Waals surface area contributed by atoms with Gasteiger partial charge < -0.3 is 19.9 Å². The summed E-state index contributed by atoms with van der Waals surface area (Å²) in [6.07, 6.45) is -4.44. The highest BCUT2D eigenvalue weighted by molar-refractivity contribution is 5.77. The molecule has 0 amide bonds. The molecular weight excluding hydrogens is 367 g/mol. The first-order valence-electron chi connectivity index (χ1n) is 9.03. The van der Waals surface area contributed by atoms with Crippen molar-refractivity contribution in [3.05, 3.63) is 60.2 Å². The zero-order valence-electron chi connectivity index (χ0n) is 16.0. The molecule has 1 fully saturated rings. The minimum Gasteiger partial charge on any atom is -0.497 e. The smallest absolute Gasteiger partial charge is 0.418 e. The lowest BCUT2D eigenvalue weighted by Crippen LogP contribution is -2.45. The highest BCUT2D eigenvalue weighted by Crippen LogP contribution is 2.38. The minimum absolute atomic E-state index is 0.221. The number of alkyl halides is 3. The molecule has 1 aliphatic rings. The van der Waals surface area contributed by atoms with Crippen LogP contribution in [0.1, 0.15) is 11.1 Å². The van der Waals surface area contributed by atoms with Crippen LogP contribution in [0.3, 0.4) is 0 Å². The molecule has 4 nitrogen and oxygen atoms in total. The molecule has 28 heavy (non-hydrogen) atoms. The summed E-state index contributed by atoms with van der Waals surface area (Å²) in [4.78, 5) is 3.91. The summed E-state index contributed by atoms with van der Waals surface area (Å²) >= 11 is 0. The predicted octanol–water partition coefficient (Wildman–Crippen LogP) is 4.55. The Labute approximate surface area is 163 Å². The summed E-state index contributed by atoms with van der Waals surface area (Å²) in [5.74, 6) is 0.652. The van der Waals surface area contributed by atoms with Crippen LogP contribution >= 0.6 is 0 Å². The van der Waals surface area contributed by atoms with Crippen molar-refractivity contribution in [2.45, 2.75) is 6.18 Å². The van der Waals surface area contributed by atoms with Crippen LogP contribution in [-0.2, 0) is 6.18 Å². The van der Waals surface area contributed by atoms with Gasteiger partial charge in [0.15, 0.2) is 0 Å². The van der Waals surface area contributed by atoms with Crippen LogP contribution in [0.25, 0.3) is 5.70 Å². The van der Waals surface area contributed by atoms with Gasteiger partial charge in [0, 0.05) is 49.3 Å². The topological polar surface area (TPSA) is 27.7 Å². The molecule has 0 unspecified atom stereocenters. The van der Waals surface area contributed by atoms with Gasteiger partial charge in [-0.3, -0.25) is 0 Å². The lowest BCUT2D eigenvalue weighted by molar-refractivity contribution is -0.137. The fourth-order valence-electron chi connectivity index (χ4n) is 3.22. The third kappa shape index (κ3) is 4.59. The number of hydrogen-bond acceptors (Lipinski definition) is 4. The Bertz CT molecular complexity index is 843. The van der Waals surface area contributed by atoms with Crippen molar-refractivity contribution in [1.82, 2.24) is 4.90 Å². The molecule has 0 aromatic heterocycles. The summed E-state index contributed by atoms with van der Waals surface area (Å²) < 4.78 is 46.4. The molecule has 2 aromatic carbocycles. The van der Waals surface area contributed by atoms with Crippen molar-refractivity contribution in [2.75, 3.05) is 50.6 Å². The average molecular weight is 391 g/mol. The van der Waals surface area contributed by atoms with E-state index in [4.69, 9.17) is 4.74 Å². The molecule has 0 spiro atoms. The number of ether oxygens (including phenoxy) is 1. The van der Waals surface area contributed by atoms with Crippen molar-refractivity contribution >= 4 is 17.1 Å². The predicted molar refractivity (Wildman–Crippen MR) is 107 cm³/mol. The molecule has 3 rings (SSSR count). The molecule has 0 radical (unpaired) electrons. The van der Waals surface area contributed by atoms with E-state index in [0.29, 0.717) is 35.8 Å². The summed E-state index contributed by atoms with van der Waals surface area (Å²) in [7, 11) is 3.53. The van der Waals surface area contributed by atoms with E-state index in [9.17, 15) is 13.2 Å². The van der Waals surface area contributed by atoms with Crippen molar-refractivity contribution < 1.29 is 17.9 Å². The van der Waals surface area contributed by atoms with Crippen LogP contribution in [0.15, 0.2) is 49.0 Å². The van der Waals surface area contributed by atoms with E-state index >= 15 is 0 Å². The number of rotatable bonds is 5. The highest BCUT2D eigenvalue weighted by Gasteiger charge is 2.35. The second-order valence-electron chi connectivity index (χ2n) is 6.86. The van der Waals surface area contributed by atoms with E-state index in [-0.39, 0.29) is 5.69 Å². The fraction of sp³-hybridized carbons (Fsp3) is 0.333. The van der Waals surface area contributed by atoms with Gasteiger partial charge in [-0.1, -0.05) is 18.7 Å². The van der Waals surface area contributed by atoms with E-state index in [0.717, 1.165) is 13.1 Å². The quantitative estimate of drug-likeness (QED) is 0.809. The van der Waals surface area contributed by atoms with Gasteiger partial charge in [0.05, 0.1) is 12.7 Å². The van der Waals surface area contributed by atoms with Crippen molar-refractivity contribution in [3.63, 3.8) is 0 Å². The number of hydrogen-bond donors (Lipinski definition) is 1. The maximum Gasteiger partial charge on any atom is 0.418 e. The van der Waals surface area contributed by atoms with Gasteiger partial charge in [0.1, 0.15) is 5.75 Å². The molecule has 2 aromatic rings. The number of anilines is 2. The maximum atomic E-state index is 13.7. The van der Waals surface area contributed by atoms with Gasteiger partial charge in [-0.2, -0.15) is 13.2 Å². The number of nitrogens with zero attached hydrogens (tertiary/aromatic N) is 2. The van der Waals surface area contributed by atoms with Gasteiger partial charge in [0.25, 0.3) is 0 Å². The zero-order chi connectivity index (χ0) is 20.3. The van der Waals surface area contributed by atoms with Crippen molar-refractivity contribution in [1.29, 1.82) is 0 Å². The number of likely N-dealkylation sites (N-methyl/N-ethyl adjacent to an activating group) is 1. The highest BCUT2D eigenvalue weighted by atomic mass is 19.4. The fourth-order valence-corrected chi connectivity index (χ4v) is 3.22. The Hall–Kier alpha value is -2.67. The Morgan fingerprint density at radius 1 is 1.07 bits per heavy atom. The number of piperazine rings is 1. The molecule has 1 N–H and O–H groups in total. The molecule has 1 heterocycles. The Kier molecular flexibility index (Phi) is 5.84. The summed E-state index contributed by atoms with van der Waals surface area (Å²) in [5, 5.41) is 3.05. The first-order chi connectivity index (χ1) is 13.3. The Morgan fingerprint density at radius 2 is 1.79 bits per heavy atom. The van der Waals surface area contributed by atoms with Crippen molar-refractivity contribution in [3.8, 4) is 5.75 Å². The number of halogens is 3. The van der Waals surface area contributed by atoms with Crippen LogP contribution in [-0.4, -0.2) is 45.2 Å². The zero-order valence-corrected chi connectivity index (χ0v) is 16.0. The number of benzene rings is 2. The van der Waals surface area contributed by atoms with Gasteiger partial charge in [-0.05, 0) is 36.9 Å². The molecule has 0 atom stereocenters. The molecule has 1 saturated heterocycles. The SMILES string of the molecule is C=C(Nc1cccc(OC)c1)c1ccc(N2CCN(C)CC2)c(C(F)(F)F)c1. The summed E-state index contributed by atoms with van der Waals surface area (Å²) in [6, 6.07) is 11.5. The lowest BCUT2D eigenvalue weighted by atomic mass is 10.0. The molecule has 1 aliphatic heterocycles. The van der Waals surface area contributed by atoms with E-state index in [1.165, 1.54) is 6.07 Å². The largest absolute Gasteiger partial charge is 0.497 e. The second kappa shape index (κ2) is 8.14. The van der Waals surface area contributed by atoms with E-state index in [1.807, 2.05) is 7.05 Å². The monoisotopic (exact) mass is 391 g/mol. The van der Waals surface area contributed by atoms with Crippen LogP contribution in [0.2, 0.25) is 0 Å². The molecule has 0 aliphatic carbocycles. The maximum absolute atomic E-state index is 13.7. The van der Waals surface area contributed by atoms with Crippen LogP contribution in [0.5, 0.6) is 5.75 Å². The third-order valence-corrected chi connectivity index (χ3v) is 4.86.